The Labute approximate surface area is 128 Å². The zero-order chi connectivity index (χ0) is 15.1. The molecule has 0 saturated heterocycles. The van der Waals surface area contributed by atoms with Crippen molar-refractivity contribution in [2.24, 2.45) is 11.8 Å². The highest BCUT2D eigenvalue weighted by atomic mass is 16.5. The van der Waals surface area contributed by atoms with Crippen LogP contribution in [-0.4, -0.2) is 13.1 Å². The predicted octanol–water partition coefficient (Wildman–Crippen LogP) is 4.94. The summed E-state index contributed by atoms with van der Waals surface area (Å²) >= 11 is 0. The first kappa shape index (κ1) is 16.1. The van der Waals surface area contributed by atoms with Crippen LogP contribution in [0.1, 0.15) is 63.4 Å². The van der Waals surface area contributed by atoms with Crippen molar-refractivity contribution in [2.45, 2.75) is 57.8 Å². The van der Waals surface area contributed by atoms with Crippen LogP contribution in [0.3, 0.4) is 0 Å². The molecule has 0 bridgehead atoms. The summed E-state index contributed by atoms with van der Waals surface area (Å²) in [6, 6.07) is 10.1. The van der Waals surface area contributed by atoms with E-state index >= 15 is 0 Å². The summed E-state index contributed by atoms with van der Waals surface area (Å²) < 4.78 is 5.07. The van der Waals surface area contributed by atoms with E-state index in [1.807, 2.05) is 18.2 Å². The molecule has 2 nitrogen and oxygen atoms in total. The molecule has 1 fully saturated rings. The number of rotatable bonds is 6. The monoisotopic (exact) mass is 288 g/mol. The van der Waals surface area contributed by atoms with Gasteiger partial charge >= 0.3 is 5.97 Å². The fraction of sp³-hybridized carbons (Fsp3) is 0.632. The fourth-order valence-electron chi connectivity index (χ4n) is 3.69. The Morgan fingerprint density at radius 1 is 1.19 bits per heavy atom. The lowest BCUT2D eigenvalue weighted by molar-refractivity contribution is -0.144. The van der Waals surface area contributed by atoms with Gasteiger partial charge in [0, 0.05) is 0 Å². The SMILES string of the molecule is CCCCC1CCC(C(C(=O)OC)c2ccccc2)CC1. The van der Waals surface area contributed by atoms with E-state index in [9.17, 15) is 4.79 Å². The summed E-state index contributed by atoms with van der Waals surface area (Å²) in [6.07, 6.45) is 8.84. The van der Waals surface area contributed by atoms with Gasteiger partial charge in [0.2, 0.25) is 0 Å². The minimum absolute atomic E-state index is 0.0711. The van der Waals surface area contributed by atoms with Crippen molar-refractivity contribution in [3.05, 3.63) is 35.9 Å². The summed E-state index contributed by atoms with van der Waals surface area (Å²) in [7, 11) is 1.51. The van der Waals surface area contributed by atoms with Gasteiger partial charge in [-0.25, -0.2) is 0 Å². The molecule has 0 aliphatic heterocycles. The number of esters is 1. The van der Waals surface area contributed by atoms with Crippen LogP contribution in [0.25, 0.3) is 0 Å². The second kappa shape index (κ2) is 8.21. The van der Waals surface area contributed by atoms with Crippen molar-refractivity contribution in [3.63, 3.8) is 0 Å². The number of methoxy groups -OCH3 is 1. The molecular formula is C19H28O2. The largest absolute Gasteiger partial charge is 0.469 e. The van der Waals surface area contributed by atoms with E-state index in [-0.39, 0.29) is 11.9 Å². The highest BCUT2D eigenvalue weighted by Gasteiger charge is 2.33. The Morgan fingerprint density at radius 2 is 1.86 bits per heavy atom. The van der Waals surface area contributed by atoms with E-state index in [4.69, 9.17) is 4.74 Å². The van der Waals surface area contributed by atoms with Crippen LogP contribution in [0.15, 0.2) is 30.3 Å². The number of hydrogen-bond acceptors (Lipinski definition) is 2. The van der Waals surface area contributed by atoms with Crippen molar-refractivity contribution in [2.75, 3.05) is 7.11 Å². The molecule has 0 aromatic heterocycles. The van der Waals surface area contributed by atoms with Gasteiger partial charge in [0.15, 0.2) is 0 Å². The first-order valence-electron chi connectivity index (χ1n) is 8.39. The maximum absolute atomic E-state index is 12.2. The molecule has 0 spiro atoms. The van der Waals surface area contributed by atoms with Crippen LogP contribution in [0.5, 0.6) is 0 Å². The zero-order valence-electron chi connectivity index (χ0n) is 13.4. The molecule has 116 valence electrons. The molecule has 1 saturated carbocycles. The van der Waals surface area contributed by atoms with Gasteiger partial charge in [-0.1, -0.05) is 69.4 Å². The van der Waals surface area contributed by atoms with Crippen molar-refractivity contribution in [1.29, 1.82) is 0 Å². The predicted molar refractivity (Wildman–Crippen MR) is 86.2 cm³/mol. The first-order valence-corrected chi connectivity index (χ1v) is 8.39. The van der Waals surface area contributed by atoms with Crippen molar-refractivity contribution in [1.82, 2.24) is 0 Å². The summed E-state index contributed by atoms with van der Waals surface area (Å²) in [5.41, 5.74) is 1.11. The fourth-order valence-corrected chi connectivity index (χ4v) is 3.69. The Kier molecular flexibility index (Phi) is 6.28. The van der Waals surface area contributed by atoms with E-state index in [0.29, 0.717) is 5.92 Å². The standard InChI is InChI=1S/C19H28O2/c1-3-4-8-15-11-13-17(14-12-15)18(19(20)21-2)16-9-6-5-7-10-16/h5-7,9-10,15,17-18H,3-4,8,11-14H2,1-2H3. The molecule has 0 N–H and O–H groups in total. The second-order valence-electron chi connectivity index (χ2n) is 6.33. The Bertz CT molecular complexity index is 418. The third-order valence-corrected chi connectivity index (χ3v) is 4.94. The van der Waals surface area contributed by atoms with Gasteiger partial charge in [-0.15, -0.1) is 0 Å². The topological polar surface area (TPSA) is 26.3 Å². The van der Waals surface area contributed by atoms with Gasteiger partial charge in [0.05, 0.1) is 13.0 Å². The third-order valence-electron chi connectivity index (χ3n) is 4.94. The Hall–Kier alpha value is -1.31. The average molecular weight is 288 g/mol. The number of carbonyl (C=O) groups is 1. The lowest BCUT2D eigenvalue weighted by Crippen LogP contribution is -2.27. The number of ether oxygens (including phenoxy) is 1. The summed E-state index contributed by atoms with van der Waals surface area (Å²) in [6.45, 7) is 2.26. The lowest BCUT2D eigenvalue weighted by atomic mass is 9.72. The minimum Gasteiger partial charge on any atom is -0.469 e. The van der Waals surface area contributed by atoms with Crippen LogP contribution in [0.2, 0.25) is 0 Å². The quantitative estimate of drug-likeness (QED) is 0.693. The Balaban J connectivity index is 2.01. The summed E-state index contributed by atoms with van der Waals surface area (Å²) in [4.78, 5) is 12.2. The van der Waals surface area contributed by atoms with Gasteiger partial charge in [-0.2, -0.15) is 0 Å². The van der Waals surface area contributed by atoms with E-state index in [1.54, 1.807) is 0 Å². The normalized spacial score (nSPS) is 23.5. The van der Waals surface area contributed by atoms with E-state index in [0.717, 1.165) is 24.3 Å². The highest BCUT2D eigenvalue weighted by Crippen LogP contribution is 2.40. The number of carbonyl (C=O) groups excluding carboxylic acids is 1. The molecule has 1 atom stereocenters. The lowest BCUT2D eigenvalue weighted by Gasteiger charge is -2.33. The molecule has 0 amide bonds. The summed E-state index contributed by atoms with van der Waals surface area (Å²) in [5, 5.41) is 0. The van der Waals surface area contributed by atoms with Crippen molar-refractivity contribution in [3.8, 4) is 0 Å². The zero-order valence-corrected chi connectivity index (χ0v) is 13.4. The molecular weight excluding hydrogens is 260 g/mol. The van der Waals surface area contributed by atoms with Gasteiger partial charge < -0.3 is 4.74 Å². The van der Waals surface area contributed by atoms with Crippen LogP contribution >= 0.6 is 0 Å². The molecule has 2 rings (SSSR count). The van der Waals surface area contributed by atoms with Crippen LogP contribution in [0, 0.1) is 11.8 Å². The Morgan fingerprint density at radius 3 is 2.43 bits per heavy atom. The van der Waals surface area contributed by atoms with Crippen molar-refractivity contribution >= 4 is 5.97 Å². The van der Waals surface area contributed by atoms with E-state index in [1.165, 1.54) is 39.2 Å². The molecule has 0 heterocycles. The van der Waals surface area contributed by atoms with Crippen LogP contribution < -0.4 is 0 Å². The second-order valence-corrected chi connectivity index (χ2v) is 6.33. The maximum atomic E-state index is 12.2. The van der Waals surface area contributed by atoms with Gasteiger partial charge in [-0.3, -0.25) is 4.79 Å². The molecule has 1 aliphatic rings. The maximum Gasteiger partial charge on any atom is 0.313 e. The van der Waals surface area contributed by atoms with Gasteiger partial charge in [-0.05, 0) is 30.2 Å². The van der Waals surface area contributed by atoms with E-state index < -0.39 is 0 Å². The molecule has 1 unspecified atom stereocenters. The smallest absolute Gasteiger partial charge is 0.313 e. The number of unbranched alkanes of at least 4 members (excludes halogenated alkanes) is 1. The number of benzene rings is 1. The average Bonchev–Trinajstić information content (AvgIpc) is 2.55. The molecule has 0 radical (unpaired) electrons. The third kappa shape index (κ3) is 4.33. The molecule has 1 aliphatic carbocycles. The minimum atomic E-state index is -0.0803. The highest BCUT2D eigenvalue weighted by molar-refractivity contribution is 5.78. The molecule has 1 aromatic rings. The molecule has 1 aromatic carbocycles. The van der Waals surface area contributed by atoms with Crippen molar-refractivity contribution < 1.29 is 9.53 Å². The van der Waals surface area contributed by atoms with Crippen LogP contribution in [0.4, 0.5) is 0 Å². The summed E-state index contributed by atoms with van der Waals surface area (Å²) in [5.74, 6) is 1.16. The van der Waals surface area contributed by atoms with Gasteiger partial charge in [0.25, 0.3) is 0 Å². The molecule has 2 heteroatoms. The first-order chi connectivity index (χ1) is 10.3. The molecule has 21 heavy (non-hydrogen) atoms. The van der Waals surface area contributed by atoms with Gasteiger partial charge in [0.1, 0.15) is 0 Å². The number of hydrogen-bond donors (Lipinski definition) is 0. The van der Waals surface area contributed by atoms with E-state index in [2.05, 4.69) is 19.1 Å². The van der Waals surface area contributed by atoms with Crippen LogP contribution in [-0.2, 0) is 9.53 Å².